The summed E-state index contributed by atoms with van der Waals surface area (Å²) in [5.74, 6) is 0.800. The highest BCUT2D eigenvalue weighted by Gasteiger charge is 2.52. The summed E-state index contributed by atoms with van der Waals surface area (Å²) in [6.45, 7) is 22.9. The predicted octanol–water partition coefficient (Wildman–Crippen LogP) is 3.29. The average Bonchev–Trinajstić information content (AvgIpc) is 3.03. The van der Waals surface area contributed by atoms with Crippen molar-refractivity contribution < 1.29 is 18.5 Å². The normalized spacial score (nSPS) is 25.0. The van der Waals surface area contributed by atoms with Crippen LogP contribution in [0.25, 0.3) is 0 Å². The van der Waals surface area contributed by atoms with Crippen LogP contribution in [-0.2, 0) is 23.9 Å². The van der Waals surface area contributed by atoms with Crippen LogP contribution in [0.1, 0.15) is 61.0 Å². The molecule has 1 fully saturated rings. The zero-order valence-electron chi connectivity index (χ0n) is 20.8. The van der Waals surface area contributed by atoms with E-state index >= 15 is 0 Å². The number of carbonyl (C=O) groups excluding carboxylic acids is 1. The summed E-state index contributed by atoms with van der Waals surface area (Å²) >= 11 is 0. The van der Waals surface area contributed by atoms with Crippen molar-refractivity contribution in [2.45, 2.75) is 90.1 Å². The summed E-state index contributed by atoms with van der Waals surface area (Å²) in [6.07, 6.45) is 2.61. The summed E-state index contributed by atoms with van der Waals surface area (Å²) < 4.78 is 19.1. The van der Waals surface area contributed by atoms with Gasteiger partial charge in [-0.3, -0.25) is 0 Å². The van der Waals surface area contributed by atoms with Crippen LogP contribution in [0.4, 0.5) is 5.82 Å². The molecule has 1 saturated heterocycles. The SMILES string of the molecule is CC1(CO[Si](C)(C)C(C)(C)C)CN([B]C=O)c2ncc(B3OC(C)(C)C(C)(C)O3)cc21. The van der Waals surface area contributed by atoms with E-state index in [1.807, 2.05) is 32.5 Å². The quantitative estimate of drug-likeness (QED) is 0.497. The molecule has 169 valence electrons. The van der Waals surface area contributed by atoms with Crippen molar-refractivity contribution in [2.24, 2.45) is 0 Å². The van der Waals surface area contributed by atoms with E-state index in [0.29, 0.717) is 13.2 Å². The Balaban J connectivity index is 1.94. The average molecular weight is 443 g/mol. The van der Waals surface area contributed by atoms with Crippen molar-refractivity contribution >= 4 is 40.3 Å². The molecule has 3 rings (SSSR count). The number of hydrogen-bond acceptors (Lipinski definition) is 6. The van der Waals surface area contributed by atoms with E-state index in [2.05, 4.69) is 46.9 Å². The van der Waals surface area contributed by atoms with Gasteiger partial charge in [-0.05, 0) is 45.8 Å². The number of fused-ring (bicyclic) bond motifs is 1. The zero-order chi connectivity index (χ0) is 23.5. The molecule has 0 bridgehead atoms. The standard InChI is InChI=1S/C22H37B2N2O4Si/c1-19(2,3)31(9,10)28-14-22(8)13-26(23-15-27)18-17(22)11-16(12-25-18)24-29-20(4,5)21(6,7)30-24/h11-12,15H,13-14H2,1-10H3. The second-order valence-electron chi connectivity index (χ2n) is 11.8. The molecular formula is C22H37B2N2O4Si. The summed E-state index contributed by atoms with van der Waals surface area (Å²) in [5.41, 5.74) is 0.836. The van der Waals surface area contributed by atoms with Gasteiger partial charge in [-0.15, -0.1) is 0 Å². The van der Waals surface area contributed by atoms with E-state index in [0.717, 1.165) is 23.0 Å². The fourth-order valence-electron chi connectivity index (χ4n) is 3.67. The Morgan fingerprint density at radius 1 is 1.23 bits per heavy atom. The fraction of sp³-hybridized carbons (Fsp3) is 0.727. The lowest BCUT2D eigenvalue weighted by atomic mass is 9.76. The third kappa shape index (κ3) is 4.39. The molecule has 31 heavy (non-hydrogen) atoms. The third-order valence-electron chi connectivity index (χ3n) is 7.65. The maximum absolute atomic E-state index is 11.3. The second-order valence-corrected chi connectivity index (χ2v) is 16.6. The van der Waals surface area contributed by atoms with E-state index in [4.69, 9.17) is 18.7 Å². The molecule has 2 aliphatic rings. The Morgan fingerprint density at radius 2 is 1.81 bits per heavy atom. The number of hydrogen-bond donors (Lipinski definition) is 0. The van der Waals surface area contributed by atoms with Gasteiger partial charge in [-0.2, -0.15) is 0 Å². The molecule has 1 atom stereocenters. The molecule has 2 aliphatic heterocycles. The first-order chi connectivity index (χ1) is 14.0. The Hall–Kier alpha value is -1.15. The molecule has 3 heterocycles. The van der Waals surface area contributed by atoms with Gasteiger partial charge in [0.25, 0.3) is 0 Å². The molecule has 0 spiro atoms. The topological polar surface area (TPSA) is 60.9 Å². The predicted molar refractivity (Wildman–Crippen MR) is 130 cm³/mol. The first-order valence-corrected chi connectivity index (χ1v) is 14.0. The highest BCUT2D eigenvalue weighted by atomic mass is 28.4. The van der Waals surface area contributed by atoms with Crippen molar-refractivity contribution in [3.8, 4) is 0 Å². The smallest absolute Gasteiger partial charge is 0.416 e. The first-order valence-electron chi connectivity index (χ1n) is 11.1. The van der Waals surface area contributed by atoms with E-state index < -0.39 is 26.6 Å². The van der Waals surface area contributed by atoms with Crippen molar-refractivity contribution in [2.75, 3.05) is 18.0 Å². The fourth-order valence-corrected chi connectivity index (χ4v) is 4.78. The van der Waals surface area contributed by atoms with Crippen LogP contribution in [0.3, 0.4) is 0 Å². The largest absolute Gasteiger partial charge is 0.496 e. The number of aromatic nitrogens is 1. The van der Waals surface area contributed by atoms with Crippen LogP contribution in [0, 0.1) is 0 Å². The van der Waals surface area contributed by atoms with Crippen LogP contribution >= 0.6 is 0 Å². The van der Waals surface area contributed by atoms with Gasteiger partial charge in [0.15, 0.2) is 8.32 Å². The van der Waals surface area contributed by atoms with Crippen LogP contribution in [0.15, 0.2) is 12.3 Å². The minimum Gasteiger partial charge on any atom is -0.416 e. The molecule has 0 saturated carbocycles. The minimum atomic E-state index is -1.93. The van der Waals surface area contributed by atoms with E-state index in [9.17, 15) is 4.79 Å². The van der Waals surface area contributed by atoms with Crippen molar-refractivity contribution in [1.82, 2.24) is 4.98 Å². The highest BCUT2D eigenvalue weighted by Crippen LogP contribution is 2.43. The molecule has 9 heteroatoms. The number of nitrogens with zero attached hydrogens (tertiary/aromatic N) is 2. The summed E-state index contributed by atoms with van der Waals surface area (Å²) in [5, 5.41) is 0.127. The van der Waals surface area contributed by atoms with Crippen molar-refractivity contribution in [3.05, 3.63) is 17.8 Å². The van der Waals surface area contributed by atoms with E-state index in [1.165, 1.54) is 0 Å². The molecule has 0 N–H and O–H groups in total. The Labute approximate surface area is 190 Å². The minimum absolute atomic E-state index is 0.127. The van der Waals surface area contributed by atoms with Gasteiger partial charge in [0, 0.05) is 35.8 Å². The first kappa shape index (κ1) is 24.5. The number of rotatable bonds is 6. The summed E-state index contributed by atoms with van der Waals surface area (Å²) in [7, 11) is -0.848. The van der Waals surface area contributed by atoms with E-state index in [-0.39, 0.29) is 10.5 Å². The number of anilines is 1. The summed E-state index contributed by atoms with van der Waals surface area (Å²) in [4.78, 5) is 17.9. The lowest BCUT2D eigenvalue weighted by molar-refractivity contribution is 0.00578. The summed E-state index contributed by atoms with van der Waals surface area (Å²) in [6, 6.07) is 2.12. The van der Waals surface area contributed by atoms with Gasteiger partial charge < -0.3 is 23.3 Å². The number of pyridine rings is 1. The van der Waals surface area contributed by atoms with Gasteiger partial charge in [-0.25, -0.2) is 4.98 Å². The monoisotopic (exact) mass is 443 g/mol. The van der Waals surface area contributed by atoms with Gasteiger partial charge >= 0.3 is 14.5 Å². The molecule has 1 aromatic heterocycles. The van der Waals surface area contributed by atoms with Gasteiger partial charge in [0.05, 0.1) is 11.2 Å². The Morgan fingerprint density at radius 3 is 2.32 bits per heavy atom. The lowest BCUT2D eigenvalue weighted by Crippen LogP contribution is -2.46. The molecule has 6 nitrogen and oxygen atoms in total. The number of carbonyl (C=O) groups is 1. The Bertz CT molecular complexity index is 840. The van der Waals surface area contributed by atoms with Crippen molar-refractivity contribution in [1.29, 1.82) is 0 Å². The molecule has 1 unspecified atom stereocenters. The molecule has 0 aromatic carbocycles. The van der Waals surface area contributed by atoms with Crippen LogP contribution in [-0.4, -0.2) is 58.4 Å². The molecular weight excluding hydrogens is 406 g/mol. The maximum Gasteiger partial charge on any atom is 0.496 e. The van der Waals surface area contributed by atoms with E-state index in [1.54, 1.807) is 13.6 Å². The highest BCUT2D eigenvalue weighted by molar-refractivity contribution is 6.74. The van der Waals surface area contributed by atoms with Gasteiger partial charge in [0.2, 0.25) is 0 Å². The van der Waals surface area contributed by atoms with Crippen LogP contribution in [0.5, 0.6) is 0 Å². The lowest BCUT2D eigenvalue weighted by Gasteiger charge is -2.39. The maximum atomic E-state index is 11.3. The molecule has 1 radical (unpaired) electrons. The molecule has 0 aliphatic carbocycles. The second kappa shape index (κ2) is 7.71. The van der Waals surface area contributed by atoms with Crippen LogP contribution < -0.4 is 10.3 Å². The van der Waals surface area contributed by atoms with Crippen LogP contribution in [0.2, 0.25) is 18.1 Å². The van der Waals surface area contributed by atoms with Gasteiger partial charge in [0.1, 0.15) is 12.0 Å². The van der Waals surface area contributed by atoms with Crippen molar-refractivity contribution in [3.63, 3.8) is 0 Å². The molecule has 0 amide bonds. The third-order valence-corrected chi connectivity index (χ3v) is 12.1. The Kier molecular flexibility index (Phi) is 6.09. The zero-order valence-corrected chi connectivity index (χ0v) is 21.8. The van der Waals surface area contributed by atoms with Gasteiger partial charge in [-0.1, -0.05) is 33.8 Å². The molecule has 1 aromatic rings.